The van der Waals surface area contributed by atoms with Crippen LogP contribution in [0.3, 0.4) is 0 Å². The third-order valence-corrected chi connectivity index (χ3v) is 4.80. The second-order valence-electron chi connectivity index (χ2n) is 5.19. The lowest BCUT2D eigenvalue weighted by Gasteiger charge is -2.37. The molecule has 20 heavy (non-hydrogen) atoms. The minimum atomic E-state index is 0.468. The molecule has 1 N–H and O–H groups in total. The van der Waals surface area contributed by atoms with Crippen molar-refractivity contribution in [3.63, 3.8) is 0 Å². The molecule has 1 nitrogen and oxygen atoms in total. The zero-order valence-electron chi connectivity index (χ0n) is 10.7. The summed E-state index contributed by atoms with van der Waals surface area (Å²) in [7, 11) is 0. The lowest BCUT2D eigenvalue weighted by Crippen LogP contribution is -2.34. The van der Waals surface area contributed by atoms with Crippen molar-refractivity contribution < 1.29 is 0 Å². The van der Waals surface area contributed by atoms with Gasteiger partial charge in [-0.15, -0.1) is 0 Å². The van der Waals surface area contributed by atoms with Gasteiger partial charge in [0.1, 0.15) is 0 Å². The Morgan fingerprint density at radius 3 is 2.60 bits per heavy atom. The summed E-state index contributed by atoms with van der Waals surface area (Å²) in [6.45, 7) is 0. The minimum absolute atomic E-state index is 0.468. The number of halogens is 3. The smallest absolute Gasteiger partial charge is 0.0638 e. The van der Waals surface area contributed by atoms with E-state index in [1.165, 1.54) is 5.56 Å². The molecule has 1 saturated carbocycles. The van der Waals surface area contributed by atoms with E-state index in [0.29, 0.717) is 17.0 Å². The molecule has 0 bridgehead atoms. The number of hydrogen-bond acceptors (Lipinski definition) is 1. The number of benzene rings is 2. The highest BCUT2D eigenvalue weighted by Gasteiger charge is 2.30. The van der Waals surface area contributed by atoms with Crippen molar-refractivity contribution in [3.05, 3.63) is 62.5 Å². The van der Waals surface area contributed by atoms with E-state index in [0.717, 1.165) is 28.0 Å². The van der Waals surface area contributed by atoms with Gasteiger partial charge in [0, 0.05) is 15.5 Å². The average molecular weight is 371 g/mol. The Hall–Kier alpha value is -0.700. The summed E-state index contributed by atoms with van der Waals surface area (Å²) in [6.07, 6.45) is 2.25. The van der Waals surface area contributed by atoms with E-state index in [-0.39, 0.29) is 0 Å². The van der Waals surface area contributed by atoms with Gasteiger partial charge in [-0.2, -0.15) is 0 Å². The molecule has 0 aromatic heterocycles. The van der Waals surface area contributed by atoms with Crippen LogP contribution < -0.4 is 5.32 Å². The maximum absolute atomic E-state index is 6.17. The van der Waals surface area contributed by atoms with Gasteiger partial charge in [-0.05, 0) is 54.7 Å². The summed E-state index contributed by atoms with van der Waals surface area (Å²) in [4.78, 5) is 0. The van der Waals surface area contributed by atoms with Crippen LogP contribution in [0.1, 0.15) is 24.3 Å². The first-order valence-corrected chi connectivity index (χ1v) is 8.14. The van der Waals surface area contributed by atoms with Crippen LogP contribution in [0.15, 0.2) is 46.9 Å². The second kappa shape index (κ2) is 5.97. The van der Waals surface area contributed by atoms with Crippen molar-refractivity contribution in [3.8, 4) is 0 Å². The summed E-state index contributed by atoms with van der Waals surface area (Å²) in [5.74, 6) is 0.628. The summed E-state index contributed by atoms with van der Waals surface area (Å²) in [6, 6.07) is 14.5. The SMILES string of the molecule is Clc1ccc(Cl)c(NC2CC(c3cccc(Br)c3)C2)c1. The van der Waals surface area contributed by atoms with Crippen molar-refractivity contribution in [2.45, 2.75) is 24.8 Å². The average Bonchev–Trinajstić information content (AvgIpc) is 2.37. The quantitative estimate of drug-likeness (QED) is 0.686. The molecular weight excluding hydrogens is 357 g/mol. The molecule has 0 atom stereocenters. The van der Waals surface area contributed by atoms with E-state index >= 15 is 0 Å². The highest BCUT2D eigenvalue weighted by molar-refractivity contribution is 9.10. The molecule has 0 radical (unpaired) electrons. The molecule has 4 heteroatoms. The Balaban J connectivity index is 1.62. The van der Waals surface area contributed by atoms with Gasteiger partial charge in [-0.3, -0.25) is 0 Å². The largest absolute Gasteiger partial charge is 0.381 e. The molecular formula is C16H14BrCl2N. The van der Waals surface area contributed by atoms with Gasteiger partial charge in [0.2, 0.25) is 0 Å². The third-order valence-electron chi connectivity index (χ3n) is 3.75. The summed E-state index contributed by atoms with van der Waals surface area (Å²) >= 11 is 15.7. The van der Waals surface area contributed by atoms with Gasteiger partial charge in [0.15, 0.2) is 0 Å². The zero-order valence-corrected chi connectivity index (χ0v) is 13.8. The normalized spacial score (nSPS) is 21.4. The Kier molecular flexibility index (Phi) is 4.25. The molecule has 1 aliphatic carbocycles. The summed E-state index contributed by atoms with van der Waals surface area (Å²) in [5.41, 5.74) is 2.33. The van der Waals surface area contributed by atoms with Crippen LogP contribution in [0, 0.1) is 0 Å². The van der Waals surface area contributed by atoms with E-state index in [9.17, 15) is 0 Å². The molecule has 3 rings (SSSR count). The first kappa shape index (κ1) is 14.2. The van der Waals surface area contributed by atoms with E-state index in [2.05, 4.69) is 45.5 Å². The van der Waals surface area contributed by atoms with Crippen molar-refractivity contribution in [2.75, 3.05) is 5.32 Å². The number of anilines is 1. The molecule has 0 spiro atoms. The van der Waals surface area contributed by atoms with Crippen LogP contribution in [0.25, 0.3) is 0 Å². The number of rotatable bonds is 3. The van der Waals surface area contributed by atoms with Crippen molar-refractivity contribution in [1.29, 1.82) is 0 Å². The molecule has 0 aliphatic heterocycles. The zero-order chi connectivity index (χ0) is 14.1. The fraction of sp³-hybridized carbons (Fsp3) is 0.250. The fourth-order valence-electron chi connectivity index (χ4n) is 2.60. The number of nitrogens with one attached hydrogen (secondary N) is 1. The van der Waals surface area contributed by atoms with E-state index in [4.69, 9.17) is 23.2 Å². The van der Waals surface area contributed by atoms with Gasteiger partial charge >= 0.3 is 0 Å². The number of hydrogen-bond donors (Lipinski definition) is 1. The molecule has 104 valence electrons. The molecule has 1 fully saturated rings. The lowest BCUT2D eigenvalue weighted by molar-refractivity contribution is 0.374. The van der Waals surface area contributed by atoms with Gasteiger partial charge in [0.05, 0.1) is 10.7 Å². The lowest BCUT2D eigenvalue weighted by atomic mass is 9.76. The van der Waals surface area contributed by atoms with Crippen LogP contribution in [0.2, 0.25) is 10.0 Å². The molecule has 0 saturated heterocycles. The van der Waals surface area contributed by atoms with Crippen LogP contribution in [-0.2, 0) is 0 Å². The molecule has 2 aromatic carbocycles. The van der Waals surface area contributed by atoms with Gasteiger partial charge < -0.3 is 5.32 Å². The van der Waals surface area contributed by atoms with Crippen molar-refractivity contribution in [2.24, 2.45) is 0 Å². The predicted molar refractivity (Wildman–Crippen MR) is 90.0 cm³/mol. The Morgan fingerprint density at radius 1 is 1.05 bits per heavy atom. The minimum Gasteiger partial charge on any atom is -0.381 e. The van der Waals surface area contributed by atoms with Crippen LogP contribution in [0.5, 0.6) is 0 Å². The second-order valence-corrected chi connectivity index (χ2v) is 6.95. The van der Waals surface area contributed by atoms with E-state index in [1.807, 2.05) is 12.1 Å². The van der Waals surface area contributed by atoms with Gasteiger partial charge in [-0.25, -0.2) is 0 Å². The molecule has 1 aliphatic rings. The third kappa shape index (κ3) is 3.13. The van der Waals surface area contributed by atoms with Gasteiger partial charge in [0.25, 0.3) is 0 Å². The first-order valence-electron chi connectivity index (χ1n) is 6.59. The maximum atomic E-state index is 6.17. The summed E-state index contributed by atoms with van der Waals surface area (Å²) in [5, 5.41) is 4.90. The Labute approximate surface area is 137 Å². The molecule has 2 aromatic rings. The standard InChI is InChI=1S/C16H14BrCl2N/c17-12-3-1-2-10(6-12)11-7-14(8-11)20-16-9-13(18)4-5-15(16)19/h1-6,9,11,14,20H,7-8H2. The highest BCUT2D eigenvalue weighted by atomic mass is 79.9. The molecule has 0 unspecified atom stereocenters. The van der Waals surface area contributed by atoms with E-state index < -0.39 is 0 Å². The van der Waals surface area contributed by atoms with Crippen LogP contribution >= 0.6 is 39.1 Å². The van der Waals surface area contributed by atoms with Crippen molar-refractivity contribution in [1.82, 2.24) is 0 Å². The summed E-state index contributed by atoms with van der Waals surface area (Å²) < 4.78 is 1.14. The van der Waals surface area contributed by atoms with Gasteiger partial charge in [-0.1, -0.05) is 51.3 Å². The Morgan fingerprint density at radius 2 is 1.85 bits per heavy atom. The first-order chi connectivity index (χ1) is 9.61. The molecule has 0 heterocycles. The van der Waals surface area contributed by atoms with E-state index in [1.54, 1.807) is 6.07 Å². The predicted octanol–water partition coefficient (Wildman–Crippen LogP) is 6.11. The topological polar surface area (TPSA) is 12.0 Å². The highest BCUT2D eigenvalue weighted by Crippen LogP contribution is 2.40. The van der Waals surface area contributed by atoms with Crippen LogP contribution in [-0.4, -0.2) is 6.04 Å². The van der Waals surface area contributed by atoms with Crippen molar-refractivity contribution >= 4 is 44.8 Å². The monoisotopic (exact) mass is 369 g/mol. The van der Waals surface area contributed by atoms with Crippen LogP contribution in [0.4, 0.5) is 5.69 Å². The molecule has 0 amide bonds. The Bertz CT molecular complexity index is 624. The maximum Gasteiger partial charge on any atom is 0.0638 e. The fourth-order valence-corrected chi connectivity index (χ4v) is 3.36.